The normalized spacial score (nSPS) is 17.6. The van der Waals surface area contributed by atoms with Crippen molar-refractivity contribution in [2.24, 2.45) is 0 Å². The fourth-order valence-corrected chi connectivity index (χ4v) is 2.17. The zero-order valence-electron chi connectivity index (χ0n) is 11.2. The van der Waals surface area contributed by atoms with Crippen LogP contribution in [0.1, 0.15) is 0 Å². The Bertz CT molecular complexity index is 448. The summed E-state index contributed by atoms with van der Waals surface area (Å²) in [6.45, 7) is 3.74. The van der Waals surface area contributed by atoms with Gasteiger partial charge in [-0.2, -0.15) is 0 Å². The van der Waals surface area contributed by atoms with Gasteiger partial charge in [-0.15, -0.1) is 0 Å². The average molecular weight is 283 g/mol. The molecule has 2 N–H and O–H groups in total. The number of ether oxygens (including phenoxy) is 2. The van der Waals surface area contributed by atoms with Gasteiger partial charge >= 0.3 is 5.69 Å². The number of hydrogen-bond donors (Lipinski definition) is 2. The Kier molecular flexibility index (Phi) is 5.28. The lowest BCUT2D eigenvalue weighted by molar-refractivity contribution is -0.911. The number of para-hydroxylation sites is 2. The maximum absolute atomic E-state index is 10.8. The number of morpholine rings is 1. The zero-order valence-corrected chi connectivity index (χ0v) is 11.2. The first-order chi connectivity index (χ1) is 9.66. The Balaban J connectivity index is 1.83. The minimum absolute atomic E-state index is 0.0508. The van der Waals surface area contributed by atoms with E-state index in [2.05, 4.69) is 0 Å². The summed E-state index contributed by atoms with van der Waals surface area (Å²) in [7, 11) is 0. The Hall–Kier alpha value is -1.70. The fraction of sp³-hybridized carbons (Fsp3) is 0.538. The molecule has 0 aromatic heterocycles. The molecular formula is C13H19N2O5+. The molecule has 20 heavy (non-hydrogen) atoms. The van der Waals surface area contributed by atoms with Crippen LogP contribution in [0.3, 0.4) is 0 Å². The lowest BCUT2D eigenvalue weighted by Crippen LogP contribution is -3.15. The molecule has 0 amide bonds. The molecule has 1 heterocycles. The van der Waals surface area contributed by atoms with Gasteiger partial charge in [-0.25, -0.2) is 0 Å². The number of nitro benzene ring substituents is 1. The van der Waals surface area contributed by atoms with Crippen LogP contribution in [-0.2, 0) is 4.74 Å². The molecular weight excluding hydrogens is 264 g/mol. The van der Waals surface area contributed by atoms with Crippen molar-refractivity contribution >= 4 is 5.69 Å². The van der Waals surface area contributed by atoms with Gasteiger partial charge in [0.2, 0.25) is 0 Å². The number of quaternary nitrogens is 1. The van der Waals surface area contributed by atoms with E-state index in [0.29, 0.717) is 19.8 Å². The SMILES string of the molecule is O=[N+]([O-])c1ccccc1OCC(O)C[NH+]1CCOCC1. The smallest absolute Gasteiger partial charge is 0.310 e. The molecule has 1 aliphatic rings. The van der Waals surface area contributed by atoms with E-state index in [9.17, 15) is 15.2 Å². The number of hydrogen-bond acceptors (Lipinski definition) is 5. The van der Waals surface area contributed by atoms with Crippen LogP contribution in [0, 0.1) is 10.1 Å². The maximum Gasteiger partial charge on any atom is 0.310 e. The monoisotopic (exact) mass is 283 g/mol. The standard InChI is InChI=1S/C13H18N2O5/c16-11(9-14-5-7-19-8-6-14)10-20-13-4-2-1-3-12(13)15(17)18/h1-4,11,16H,5-10H2/p+1. The minimum atomic E-state index is -0.650. The van der Waals surface area contributed by atoms with E-state index in [1.807, 2.05) is 0 Å². The summed E-state index contributed by atoms with van der Waals surface area (Å²) in [5.41, 5.74) is -0.0848. The summed E-state index contributed by atoms with van der Waals surface area (Å²) in [5.74, 6) is 0.188. The van der Waals surface area contributed by atoms with Gasteiger partial charge in [0.05, 0.1) is 18.1 Å². The van der Waals surface area contributed by atoms with Crippen LogP contribution in [0.15, 0.2) is 24.3 Å². The molecule has 7 heteroatoms. The van der Waals surface area contributed by atoms with Crippen LogP contribution in [0.4, 0.5) is 5.69 Å². The van der Waals surface area contributed by atoms with Crippen LogP contribution in [0.25, 0.3) is 0 Å². The largest absolute Gasteiger partial charge is 0.484 e. The molecule has 0 bridgehead atoms. The van der Waals surface area contributed by atoms with Gasteiger partial charge in [0.25, 0.3) is 0 Å². The Morgan fingerprint density at radius 1 is 1.40 bits per heavy atom. The minimum Gasteiger partial charge on any atom is -0.484 e. The molecule has 0 saturated carbocycles. The summed E-state index contributed by atoms with van der Waals surface area (Å²) in [5, 5.41) is 20.8. The van der Waals surface area contributed by atoms with E-state index >= 15 is 0 Å². The number of nitrogens with one attached hydrogen (secondary N) is 1. The molecule has 1 unspecified atom stereocenters. The van der Waals surface area contributed by atoms with E-state index < -0.39 is 11.0 Å². The second-order valence-electron chi connectivity index (χ2n) is 4.76. The molecule has 1 aromatic rings. The van der Waals surface area contributed by atoms with E-state index in [4.69, 9.17) is 9.47 Å². The molecule has 1 aliphatic heterocycles. The number of rotatable bonds is 6. The third kappa shape index (κ3) is 4.16. The third-order valence-electron chi connectivity index (χ3n) is 3.22. The van der Waals surface area contributed by atoms with Gasteiger partial charge in [0.15, 0.2) is 5.75 Å². The second-order valence-corrected chi connectivity index (χ2v) is 4.76. The summed E-state index contributed by atoms with van der Waals surface area (Å²) >= 11 is 0. The van der Waals surface area contributed by atoms with Gasteiger partial charge in [0.1, 0.15) is 32.3 Å². The maximum atomic E-state index is 10.8. The molecule has 0 radical (unpaired) electrons. The van der Waals surface area contributed by atoms with Crippen LogP contribution in [-0.4, -0.2) is 55.6 Å². The Morgan fingerprint density at radius 3 is 2.80 bits per heavy atom. The quantitative estimate of drug-likeness (QED) is 0.530. The van der Waals surface area contributed by atoms with Crippen LogP contribution in [0.2, 0.25) is 0 Å². The summed E-state index contributed by atoms with van der Waals surface area (Å²) in [4.78, 5) is 11.6. The summed E-state index contributed by atoms with van der Waals surface area (Å²) in [6, 6.07) is 6.17. The lowest BCUT2D eigenvalue weighted by Gasteiger charge is -2.25. The van der Waals surface area contributed by atoms with Gasteiger partial charge in [0, 0.05) is 6.07 Å². The molecule has 1 fully saturated rings. The van der Waals surface area contributed by atoms with Crippen molar-refractivity contribution in [3.8, 4) is 5.75 Å². The van der Waals surface area contributed by atoms with Crippen molar-refractivity contribution in [2.75, 3.05) is 39.5 Å². The first-order valence-electron chi connectivity index (χ1n) is 6.62. The van der Waals surface area contributed by atoms with E-state index in [0.717, 1.165) is 13.1 Å². The predicted molar refractivity (Wildman–Crippen MR) is 71.0 cm³/mol. The van der Waals surface area contributed by atoms with Crippen LogP contribution >= 0.6 is 0 Å². The molecule has 1 atom stereocenters. The Labute approximate surface area is 116 Å². The van der Waals surface area contributed by atoms with E-state index in [1.54, 1.807) is 12.1 Å². The highest BCUT2D eigenvalue weighted by atomic mass is 16.6. The number of aliphatic hydroxyl groups is 1. The van der Waals surface area contributed by atoms with Crippen molar-refractivity contribution in [3.05, 3.63) is 34.4 Å². The molecule has 2 rings (SSSR count). The number of benzene rings is 1. The second kappa shape index (κ2) is 7.18. The average Bonchev–Trinajstić information content (AvgIpc) is 2.46. The first kappa shape index (κ1) is 14.7. The van der Waals surface area contributed by atoms with E-state index in [-0.39, 0.29) is 18.0 Å². The van der Waals surface area contributed by atoms with Gasteiger partial charge in [-0.05, 0) is 6.07 Å². The Morgan fingerprint density at radius 2 is 2.10 bits per heavy atom. The highest BCUT2D eigenvalue weighted by Gasteiger charge is 2.20. The van der Waals surface area contributed by atoms with Gasteiger partial charge in [-0.3, -0.25) is 10.1 Å². The first-order valence-corrected chi connectivity index (χ1v) is 6.62. The molecule has 1 aromatic carbocycles. The number of nitro groups is 1. The molecule has 1 saturated heterocycles. The van der Waals surface area contributed by atoms with Gasteiger partial charge < -0.3 is 19.5 Å². The number of aliphatic hydroxyl groups excluding tert-OH is 1. The fourth-order valence-electron chi connectivity index (χ4n) is 2.17. The van der Waals surface area contributed by atoms with E-state index in [1.165, 1.54) is 17.0 Å². The van der Waals surface area contributed by atoms with Crippen molar-refractivity contribution in [1.82, 2.24) is 0 Å². The summed E-state index contributed by atoms with van der Waals surface area (Å²) < 4.78 is 10.6. The van der Waals surface area contributed by atoms with Crippen molar-refractivity contribution < 1.29 is 24.4 Å². The zero-order chi connectivity index (χ0) is 14.4. The van der Waals surface area contributed by atoms with Crippen molar-refractivity contribution in [1.29, 1.82) is 0 Å². The highest BCUT2D eigenvalue weighted by molar-refractivity contribution is 5.45. The van der Waals surface area contributed by atoms with Crippen molar-refractivity contribution in [2.45, 2.75) is 6.10 Å². The predicted octanol–water partition coefficient (Wildman–Crippen LogP) is -0.750. The lowest BCUT2D eigenvalue weighted by atomic mass is 10.3. The number of nitrogens with zero attached hydrogens (tertiary/aromatic N) is 1. The third-order valence-corrected chi connectivity index (χ3v) is 3.22. The van der Waals surface area contributed by atoms with Crippen LogP contribution in [0.5, 0.6) is 5.75 Å². The van der Waals surface area contributed by atoms with Crippen molar-refractivity contribution in [3.63, 3.8) is 0 Å². The molecule has 0 spiro atoms. The molecule has 0 aliphatic carbocycles. The summed E-state index contributed by atoms with van der Waals surface area (Å²) in [6.07, 6.45) is -0.650. The molecule has 110 valence electrons. The highest BCUT2D eigenvalue weighted by Crippen LogP contribution is 2.25. The molecule has 7 nitrogen and oxygen atoms in total. The van der Waals surface area contributed by atoms with Gasteiger partial charge in [-0.1, -0.05) is 12.1 Å². The topological polar surface area (TPSA) is 86.3 Å². The van der Waals surface area contributed by atoms with Crippen LogP contribution < -0.4 is 9.64 Å².